The molecule has 2 heterocycles. The molecule has 30 heavy (non-hydrogen) atoms. The summed E-state index contributed by atoms with van der Waals surface area (Å²) in [6, 6.07) is 23.9. The summed E-state index contributed by atoms with van der Waals surface area (Å²) in [6.07, 6.45) is 6.98. The Morgan fingerprint density at radius 3 is 2.50 bits per heavy atom. The number of rotatable bonds is 4. The highest BCUT2D eigenvalue weighted by atomic mass is 35.5. The Bertz CT molecular complexity index is 1290. The average molecular weight is 430 g/mol. The lowest BCUT2D eigenvalue weighted by molar-refractivity contribution is 0.631. The molecule has 0 N–H and O–H groups in total. The third-order valence-corrected chi connectivity index (χ3v) is 5.61. The van der Waals surface area contributed by atoms with Crippen LogP contribution in [-0.2, 0) is 0 Å². The zero-order chi connectivity index (χ0) is 20.5. The van der Waals surface area contributed by atoms with Crippen molar-refractivity contribution in [3.63, 3.8) is 0 Å². The van der Waals surface area contributed by atoms with Crippen molar-refractivity contribution in [1.29, 1.82) is 0 Å². The van der Waals surface area contributed by atoms with E-state index in [0.29, 0.717) is 10.0 Å². The first-order valence-corrected chi connectivity index (χ1v) is 10.4. The van der Waals surface area contributed by atoms with Crippen molar-refractivity contribution in [2.45, 2.75) is 6.42 Å². The molecule has 146 valence electrons. The summed E-state index contributed by atoms with van der Waals surface area (Å²) in [5.41, 5.74) is 5.85. The minimum absolute atomic E-state index is 0.615. The lowest BCUT2D eigenvalue weighted by Gasteiger charge is -2.02. The summed E-state index contributed by atoms with van der Waals surface area (Å²) in [7, 11) is 0. The zero-order valence-electron chi connectivity index (χ0n) is 16.0. The number of furan rings is 1. The fourth-order valence-electron chi connectivity index (χ4n) is 3.49. The number of nitrogens with zero attached hydrogens (tertiary/aromatic N) is 1. The van der Waals surface area contributed by atoms with E-state index >= 15 is 0 Å². The zero-order valence-corrected chi connectivity index (χ0v) is 17.5. The van der Waals surface area contributed by atoms with Gasteiger partial charge in [0.15, 0.2) is 0 Å². The van der Waals surface area contributed by atoms with Gasteiger partial charge in [-0.25, -0.2) is 0 Å². The molecule has 0 spiro atoms. The van der Waals surface area contributed by atoms with Crippen LogP contribution in [0.15, 0.2) is 94.4 Å². The first kappa shape index (κ1) is 18.9. The molecule has 0 aliphatic carbocycles. The molecule has 0 bridgehead atoms. The van der Waals surface area contributed by atoms with Crippen LogP contribution in [0.5, 0.6) is 0 Å². The molecule has 5 rings (SSSR count). The van der Waals surface area contributed by atoms with Crippen LogP contribution in [0.2, 0.25) is 10.0 Å². The normalized spacial score (nSPS) is 13.8. The third kappa shape index (κ3) is 3.85. The molecule has 0 saturated carbocycles. The van der Waals surface area contributed by atoms with E-state index in [1.165, 1.54) is 0 Å². The topological polar surface area (TPSA) is 25.5 Å². The Balaban J connectivity index is 1.31. The van der Waals surface area contributed by atoms with Gasteiger partial charge in [0.2, 0.25) is 0 Å². The summed E-state index contributed by atoms with van der Waals surface area (Å²) >= 11 is 12.3. The third-order valence-electron chi connectivity index (χ3n) is 5.06. The van der Waals surface area contributed by atoms with Gasteiger partial charge >= 0.3 is 0 Å². The van der Waals surface area contributed by atoms with Crippen LogP contribution in [0, 0.1) is 0 Å². The van der Waals surface area contributed by atoms with Gasteiger partial charge < -0.3 is 4.42 Å². The number of allylic oxidation sites excluding steroid dienone is 2. The van der Waals surface area contributed by atoms with Crippen LogP contribution in [0.3, 0.4) is 0 Å². The van der Waals surface area contributed by atoms with Crippen molar-refractivity contribution in [2.75, 3.05) is 0 Å². The van der Waals surface area contributed by atoms with Crippen LogP contribution in [0.4, 0.5) is 0 Å². The molecule has 1 aliphatic heterocycles. The molecule has 0 amide bonds. The van der Waals surface area contributed by atoms with Gasteiger partial charge in [-0.1, -0.05) is 77.8 Å². The largest absolute Gasteiger partial charge is 0.456 e. The Morgan fingerprint density at radius 2 is 1.70 bits per heavy atom. The molecule has 1 aromatic heterocycles. The van der Waals surface area contributed by atoms with Gasteiger partial charge in [-0.15, -0.1) is 0 Å². The van der Waals surface area contributed by atoms with Gasteiger partial charge in [0.1, 0.15) is 11.3 Å². The first-order chi connectivity index (χ1) is 14.7. The van der Waals surface area contributed by atoms with E-state index in [4.69, 9.17) is 32.6 Å². The van der Waals surface area contributed by atoms with E-state index in [1.54, 1.807) is 6.07 Å². The molecule has 0 saturated heterocycles. The maximum atomic E-state index is 6.30. The predicted molar refractivity (Wildman–Crippen MR) is 127 cm³/mol. The van der Waals surface area contributed by atoms with Gasteiger partial charge in [0.25, 0.3) is 0 Å². The molecule has 0 unspecified atom stereocenters. The van der Waals surface area contributed by atoms with E-state index in [-0.39, 0.29) is 0 Å². The van der Waals surface area contributed by atoms with Gasteiger partial charge in [0, 0.05) is 33.7 Å². The van der Waals surface area contributed by atoms with Crippen molar-refractivity contribution in [2.24, 2.45) is 4.99 Å². The monoisotopic (exact) mass is 429 g/mol. The Morgan fingerprint density at radius 1 is 0.867 bits per heavy atom. The number of hydrogen-bond acceptors (Lipinski definition) is 2. The maximum absolute atomic E-state index is 6.30. The molecular weight excluding hydrogens is 413 g/mol. The summed E-state index contributed by atoms with van der Waals surface area (Å²) in [5.74, 6) is 0.876. The van der Waals surface area contributed by atoms with E-state index in [1.807, 2.05) is 36.4 Å². The molecule has 0 fully saturated rings. The Labute approximate surface area is 184 Å². The number of halogens is 2. The number of para-hydroxylation sites is 1. The van der Waals surface area contributed by atoms with Crippen LogP contribution < -0.4 is 0 Å². The number of benzene rings is 3. The van der Waals surface area contributed by atoms with Gasteiger partial charge in [-0.2, -0.15) is 0 Å². The standard InChI is InChI=1S/C26H17Cl2NO/c27-20-10-13-22(23(28)16-20)24-14-12-21(29-24)11-7-17-5-8-18(9-6-17)26-15-19-3-1-2-4-25(19)30-26/h1-11,13-16H,12H2/b11-7+. The highest BCUT2D eigenvalue weighted by Gasteiger charge is 2.12. The van der Waals surface area contributed by atoms with E-state index in [0.717, 1.165) is 51.2 Å². The van der Waals surface area contributed by atoms with Crippen molar-refractivity contribution >= 4 is 51.7 Å². The smallest absolute Gasteiger partial charge is 0.135 e. The van der Waals surface area contributed by atoms with Gasteiger partial charge in [-0.05, 0) is 42.0 Å². The van der Waals surface area contributed by atoms with Gasteiger partial charge in [-0.3, -0.25) is 4.99 Å². The molecule has 0 radical (unpaired) electrons. The number of fused-ring (bicyclic) bond motifs is 1. The highest BCUT2D eigenvalue weighted by molar-refractivity contribution is 6.35. The quantitative estimate of drug-likeness (QED) is 0.320. The average Bonchev–Trinajstić information content (AvgIpc) is 3.40. The van der Waals surface area contributed by atoms with Crippen molar-refractivity contribution < 1.29 is 4.42 Å². The Kier molecular flexibility index (Phi) is 5.04. The van der Waals surface area contributed by atoms with E-state index in [9.17, 15) is 0 Å². The number of aliphatic imine (C=N–C) groups is 1. The highest BCUT2D eigenvalue weighted by Crippen LogP contribution is 2.31. The fourth-order valence-corrected chi connectivity index (χ4v) is 4.00. The fraction of sp³-hybridized carbons (Fsp3) is 0.0385. The molecule has 2 nitrogen and oxygen atoms in total. The molecule has 3 aromatic carbocycles. The summed E-state index contributed by atoms with van der Waals surface area (Å²) in [4.78, 5) is 4.70. The van der Waals surface area contributed by atoms with Crippen molar-refractivity contribution in [3.8, 4) is 11.3 Å². The first-order valence-electron chi connectivity index (χ1n) is 9.66. The SMILES string of the molecule is Clc1ccc(C2=CCC(/C=C/c3ccc(-c4cc5ccccc5o4)cc3)=N2)c(Cl)c1. The minimum atomic E-state index is 0.615. The minimum Gasteiger partial charge on any atom is -0.456 e. The molecule has 4 aromatic rings. The van der Waals surface area contributed by atoms with Crippen LogP contribution >= 0.6 is 23.2 Å². The van der Waals surface area contributed by atoms with Gasteiger partial charge in [0.05, 0.1) is 10.7 Å². The van der Waals surface area contributed by atoms with Crippen LogP contribution in [0.25, 0.3) is 34.1 Å². The lowest BCUT2D eigenvalue weighted by atomic mass is 10.1. The second-order valence-electron chi connectivity index (χ2n) is 7.12. The number of hydrogen-bond donors (Lipinski definition) is 0. The predicted octanol–water partition coefficient (Wildman–Crippen LogP) is 8.31. The maximum Gasteiger partial charge on any atom is 0.135 e. The van der Waals surface area contributed by atoms with E-state index < -0.39 is 0 Å². The molecule has 0 atom stereocenters. The van der Waals surface area contributed by atoms with Crippen LogP contribution in [0.1, 0.15) is 17.5 Å². The second-order valence-corrected chi connectivity index (χ2v) is 7.97. The summed E-state index contributed by atoms with van der Waals surface area (Å²) in [5, 5.41) is 2.35. The molecule has 1 aliphatic rings. The second kappa shape index (κ2) is 7.98. The van der Waals surface area contributed by atoms with Crippen LogP contribution in [-0.4, -0.2) is 5.71 Å². The van der Waals surface area contributed by atoms with Crippen molar-refractivity contribution in [1.82, 2.24) is 0 Å². The lowest BCUT2D eigenvalue weighted by Crippen LogP contribution is -1.86. The molecular formula is C26H17Cl2NO. The van der Waals surface area contributed by atoms with E-state index in [2.05, 4.69) is 48.6 Å². The molecule has 4 heteroatoms. The van der Waals surface area contributed by atoms with Crippen molar-refractivity contribution in [3.05, 3.63) is 106 Å². The summed E-state index contributed by atoms with van der Waals surface area (Å²) < 4.78 is 5.94. The Hall–Kier alpha value is -3.07. The summed E-state index contributed by atoms with van der Waals surface area (Å²) in [6.45, 7) is 0.